The van der Waals surface area contributed by atoms with Gasteiger partial charge in [0.05, 0.1) is 11.9 Å². The molecule has 11 heteroatoms. The third-order valence-electron chi connectivity index (χ3n) is 4.65. The van der Waals surface area contributed by atoms with Gasteiger partial charge in [-0.25, -0.2) is 24.9 Å². The average Bonchev–Trinajstić information content (AvgIpc) is 3.40. The van der Waals surface area contributed by atoms with Gasteiger partial charge in [-0.05, 0) is 19.1 Å². The second kappa shape index (κ2) is 7.87. The largest absolute Gasteiger partial charge is 0.323 e. The molecule has 0 aromatic carbocycles. The highest BCUT2D eigenvalue weighted by Crippen LogP contribution is 2.32. The van der Waals surface area contributed by atoms with Crippen molar-refractivity contribution in [3.63, 3.8) is 0 Å². The van der Waals surface area contributed by atoms with Gasteiger partial charge in [0.15, 0.2) is 5.82 Å². The summed E-state index contributed by atoms with van der Waals surface area (Å²) >= 11 is 0. The number of aryl methyl sites for hydroxylation is 1. The highest BCUT2D eigenvalue weighted by atomic mass is 16.1. The van der Waals surface area contributed by atoms with Crippen LogP contribution in [0.15, 0.2) is 55.4 Å². The summed E-state index contributed by atoms with van der Waals surface area (Å²) in [6, 6.07) is 7.38. The van der Waals surface area contributed by atoms with Gasteiger partial charge in [0.1, 0.15) is 35.1 Å². The molecular weight excluding hydrogens is 408 g/mol. The lowest BCUT2D eigenvalue weighted by Crippen LogP contribution is -2.09. The first kappa shape index (κ1) is 19.3. The summed E-state index contributed by atoms with van der Waals surface area (Å²) in [5.74, 6) is 1.97. The van der Waals surface area contributed by atoms with Gasteiger partial charge in [-0.3, -0.25) is 14.3 Å². The molecule has 0 fully saturated rings. The Hall–Kier alpha value is -4.67. The van der Waals surface area contributed by atoms with Gasteiger partial charge in [0.2, 0.25) is 5.91 Å². The van der Waals surface area contributed by atoms with Crippen LogP contribution >= 0.6 is 0 Å². The Balaban J connectivity index is 1.72. The number of rotatable bonds is 5. The van der Waals surface area contributed by atoms with E-state index in [4.69, 9.17) is 4.98 Å². The van der Waals surface area contributed by atoms with E-state index < -0.39 is 0 Å². The van der Waals surface area contributed by atoms with E-state index in [-0.39, 0.29) is 5.91 Å². The Labute approximate surface area is 182 Å². The van der Waals surface area contributed by atoms with Crippen molar-refractivity contribution < 1.29 is 4.79 Å². The van der Waals surface area contributed by atoms with E-state index >= 15 is 0 Å². The molecule has 0 atom stereocenters. The summed E-state index contributed by atoms with van der Waals surface area (Å²) in [6.07, 6.45) is 8.58. The lowest BCUT2D eigenvalue weighted by Gasteiger charge is -2.10. The number of aromatic amines is 1. The maximum Gasteiger partial charge on any atom is 0.222 e. The van der Waals surface area contributed by atoms with Gasteiger partial charge in [-0.15, -0.1) is 0 Å². The fraction of sp³-hybridized carbons (Fsp3) is 0.0952. The smallest absolute Gasteiger partial charge is 0.222 e. The van der Waals surface area contributed by atoms with Gasteiger partial charge in [-0.2, -0.15) is 5.10 Å². The van der Waals surface area contributed by atoms with E-state index in [9.17, 15) is 4.79 Å². The molecular formula is C21H18N10O. The summed E-state index contributed by atoms with van der Waals surface area (Å²) in [7, 11) is 0. The summed E-state index contributed by atoms with van der Waals surface area (Å²) in [5, 5.41) is 12.8. The van der Waals surface area contributed by atoms with Crippen LogP contribution in [-0.2, 0) is 4.79 Å². The molecule has 0 bridgehead atoms. The topological polar surface area (TPSA) is 139 Å². The second-order valence-corrected chi connectivity index (χ2v) is 7.04. The SMILES string of the molecule is CC(=O)Nc1cc(-c2c(Nc3ccn[nH]3)nc3ccc(-c4cncnc4)cn23)nc(C)n1. The number of amides is 1. The number of hydrogen-bond donors (Lipinski definition) is 3. The maximum absolute atomic E-state index is 11.6. The zero-order valence-corrected chi connectivity index (χ0v) is 17.2. The normalized spacial score (nSPS) is 10.9. The van der Waals surface area contributed by atoms with Crippen molar-refractivity contribution in [1.29, 1.82) is 0 Å². The van der Waals surface area contributed by atoms with Gasteiger partial charge < -0.3 is 10.6 Å². The standard InChI is InChI=1S/C21H18N10O/c1-12-25-16(7-18(26-12)27-13(2)32)20-21(28-17-5-6-24-30-17)29-19-4-3-14(10-31(19)20)15-8-22-11-23-9-15/h3-11H,1-2H3,(H2,24,28,30)(H,25,26,27,32). The predicted octanol–water partition coefficient (Wildman–Crippen LogP) is 2.98. The van der Waals surface area contributed by atoms with Crippen LogP contribution in [0, 0.1) is 6.92 Å². The highest BCUT2D eigenvalue weighted by molar-refractivity contribution is 5.88. The van der Waals surface area contributed by atoms with Crippen LogP contribution in [-0.4, -0.2) is 45.4 Å². The van der Waals surface area contributed by atoms with Crippen LogP contribution in [0.1, 0.15) is 12.7 Å². The molecule has 0 saturated carbocycles. The number of fused-ring (bicyclic) bond motifs is 1. The van der Waals surface area contributed by atoms with Crippen LogP contribution < -0.4 is 10.6 Å². The van der Waals surface area contributed by atoms with Crippen molar-refractivity contribution in [2.45, 2.75) is 13.8 Å². The molecule has 0 aliphatic heterocycles. The highest BCUT2D eigenvalue weighted by Gasteiger charge is 2.19. The molecule has 5 aromatic rings. The van der Waals surface area contributed by atoms with E-state index in [0.29, 0.717) is 40.3 Å². The van der Waals surface area contributed by atoms with E-state index in [1.807, 2.05) is 22.7 Å². The minimum Gasteiger partial charge on any atom is -0.323 e. The lowest BCUT2D eigenvalue weighted by molar-refractivity contribution is -0.114. The number of imidazole rings is 1. The first-order valence-electron chi connectivity index (χ1n) is 9.74. The summed E-state index contributed by atoms with van der Waals surface area (Å²) in [6.45, 7) is 3.21. The molecule has 0 radical (unpaired) electrons. The quantitative estimate of drug-likeness (QED) is 0.390. The van der Waals surface area contributed by atoms with Crippen molar-refractivity contribution in [3.8, 4) is 22.5 Å². The van der Waals surface area contributed by atoms with Crippen molar-refractivity contribution >= 4 is 29.0 Å². The zero-order valence-electron chi connectivity index (χ0n) is 17.2. The van der Waals surface area contributed by atoms with Crippen molar-refractivity contribution in [3.05, 3.63) is 61.2 Å². The third-order valence-corrected chi connectivity index (χ3v) is 4.65. The third kappa shape index (κ3) is 3.74. The van der Waals surface area contributed by atoms with E-state index in [1.54, 1.807) is 37.6 Å². The minimum atomic E-state index is -0.214. The van der Waals surface area contributed by atoms with Crippen LogP contribution in [0.3, 0.4) is 0 Å². The monoisotopic (exact) mass is 426 g/mol. The van der Waals surface area contributed by atoms with Crippen LogP contribution in [0.5, 0.6) is 0 Å². The van der Waals surface area contributed by atoms with Crippen molar-refractivity contribution in [2.75, 3.05) is 10.6 Å². The number of anilines is 3. The molecule has 0 saturated heterocycles. The van der Waals surface area contributed by atoms with Crippen molar-refractivity contribution in [2.24, 2.45) is 0 Å². The van der Waals surface area contributed by atoms with Crippen LogP contribution in [0.4, 0.5) is 17.5 Å². The first-order chi connectivity index (χ1) is 15.6. The molecule has 0 aliphatic rings. The Morgan fingerprint density at radius 2 is 1.91 bits per heavy atom. The molecule has 3 N–H and O–H groups in total. The lowest BCUT2D eigenvalue weighted by atomic mass is 10.1. The molecule has 158 valence electrons. The Morgan fingerprint density at radius 1 is 1.06 bits per heavy atom. The number of pyridine rings is 1. The van der Waals surface area contributed by atoms with Gasteiger partial charge in [-0.1, -0.05) is 0 Å². The fourth-order valence-corrected chi connectivity index (χ4v) is 3.38. The predicted molar refractivity (Wildman–Crippen MR) is 118 cm³/mol. The number of hydrogen-bond acceptors (Lipinski definition) is 8. The average molecular weight is 426 g/mol. The molecule has 5 heterocycles. The van der Waals surface area contributed by atoms with Gasteiger partial charge >= 0.3 is 0 Å². The van der Waals surface area contributed by atoms with E-state index in [0.717, 1.165) is 11.1 Å². The van der Waals surface area contributed by atoms with Crippen LogP contribution in [0.2, 0.25) is 0 Å². The summed E-state index contributed by atoms with van der Waals surface area (Å²) in [5.41, 5.74) is 3.79. The Bertz CT molecular complexity index is 1410. The summed E-state index contributed by atoms with van der Waals surface area (Å²) in [4.78, 5) is 33.5. The zero-order chi connectivity index (χ0) is 22.1. The molecule has 0 aliphatic carbocycles. The number of carbonyl (C=O) groups is 1. The first-order valence-corrected chi connectivity index (χ1v) is 9.74. The minimum absolute atomic E-state index is 0.214. The van der Waals surface area contributed by atoms with Crippen LogP contribution in [0.25, 0.3) is 28.2 Å². The number of H-pyrrole nitrogens is 1. The van der Waals surface area contributed by atoms with E-state index in [2.05, 4.69) is 40.8 Å². The Kier molecular flexibility index (Phi) is 4.75. The molecule has 5 rings (SSSR count). The summed E-state index contributed by atoms with van der Waals surface area (Å²) < 4.78 is 1.93. The van der Waals surface area contributed by atoms with E-state index in [1.165, 1.54) is 13.3 Å². The number of carbonyl (C=O) groups excluding carboxylic acids is 1. The molecule has 0 spiro atoms. The molecule has 32 heavy (non-hydrogen) atoms. The van der Waals surface area contributed by atoms with Gasteiger partial charge in [0, 0.05) is 48.8 Å². The fourth-order valence-electron chi connectivity index (χ4n) is 3.38. The maximum atomic E-state index is 11.6. The number of aromatic nitrogens is 8. The van der Waals surface area contributed by atoms with Crippen molar-refractivity contribution in [1.82, 2.24) is 39.5 Å². The second-order valence-electron chi connectivity index (χ2n) is 7.04. The molecule has 11 nitrogen and oxygen atoms in total. The van der Waals surface area contributed by atoms with Gasteiger partial charge in [0.25, 0.3) is 0 Å². The molecule has 5 aromatic heterocycles. The Morgan fingerprint density at radius 3 is 2.66 bits per heavy atom. The number of nitrogens with zero attached hydrogens (tertiary/aromatic N) is 7. The molecule has 0 unspecified atom stereocenters. The molecule has 1 amide bonds. The number of nitrogens with one attached hydrogen (secondary N) is 3.